The third kappa shape index (κ3) is 16.6. The zero-order chi connectivity index (χ0) is 40.9. The molecule has 4 rings (SSSR count). The van der Waals surface area contributed by atoms with Gasteiger partial charge in [-0.2, -0.15) is 10.4 Å². The fourth-order valence-electron chi connectivity index (χ4n) is 7.49. The predicted octanol–water partition coefficient (Wildman–Crippen LogP) is 11.3. The van der Waals surface area contributed by atoms with E-state index in [9.17, 15) is 14.7 Å². The highest BCUT2D eigenvalue weighted by molar-refractivity contribution is 7.47. The van der Waals surface area contributed by atoms with Gasteiger partial charge in [-0.1, -0.05) is 122 Å². The van der Waals surface area contributed by atoms with Crippen LogP contribution in [-0.4, -0.2) is 50.5 Å². The third-order valence-electron chi connectivity index (χ3n) is 10.8. The van der Waals surface area contributed by atoms with Crippen molar-refractivity contribution in [3.05, 3.63) is 53.5 Å². The quantitative estimate of drug-likeness (QED) is 0.0486. The van der Waals surface area contributed by atoms with Crippen molar-refractivity contribution >= 4 is 19.2 Å². The van der Waals surface area contributed by atoms with Crippen LogP contribution in [0.4, 0.5) is 5.82 Å². The number of anilines is 1. The number of unbranched alkanes of at least 4 members (excludes halogenated alkanes) is 16. The Morgan fingerprint density at radius 2 is 1.60 bits per heavy atom. The summed E-state index contributed by atoms with van der Waals surface area (Å²) in [5.74, 6) is 0.892. The molecule has 4 atom stereocenters. The van der Waals surface area contributed by atoms with Crippen LogP contribution in [0.5, 0.6) is 5.75 Å². The number of fused-ring (bicyclic) bond motifs is 1. The van der Waals surface area contributed by atoms with Gasteiger partial charge in [0.2, 0.25) is 0 Å². The van der Waals surface area contributed by atoms with Crippen LogP contribution in [-0.2, 0) is 29.7 Å². The normalized spacial score (nSPS) is 18.6. The second-order valence-corrected chi connectivity index (χ2v) is 17.8. The van der Waals surface area contributed by atoms with E-state index in [1.165, 1.54) is 96.2 Å². The summed E-state index contributed by atoms with van der Waals surface area (Å²) in [6.45, 7) is 7.99. The third-order valence-corrected chi connectivity index (χ3v) is 11.7. The lowest BCUT2D eigenvalue weighted by Gasteiger charge is -2.26. The van der Waals surface area contributed by atoms with Crippen LogP contribution in [0.1, 0.15) is 179 Å². The molecule has 1 aliphatic rings. The van der Waals surface area contributed by atoms with Gasteiger partial charge in [-0.3, -0.25) is 9.05 Å². The molecule has 13 heteroatoms. The van der Waals surface area contributed by atoms with Gasteiger partial charge in [0.1, 0.15) is 29.8 Å². The van der Waals surface area contributed by atoms with Crippen molar-refractivity contribution in [1.82, 2.24) is 14.6 Å². The fourth-order valence-corrected chi connectivity index (χ4v) is 8.35. The molecule has 0 amide bonds. The largest absolute Gasteiger partial charge is 0.490 e. The summed E-state index contributed by atoms with van der Waals surface area (Å²) in [6, 6.07) is 11.3. The minimum absolute atomic E-state index is 0.0848. The molecule has 1 unspecified atom stereocenters. The van der Waals surface area contributed by atoms with Crippen molar-refractivity contribution < 1.29 is 32.7 Å². The summed E-state index contributed by atoms with van der Waals surface area (Å²) in [5, 5.41) is 13.9. The van der Waals surface area contributed by atoms with E-state index in [1.807, 2.05) is 45.0 Å². The van der Waals surface area contributed by atoms with Gasteiger partial charge in [0, 0.05) is 0 Å². The van der Waals surface area contributed by atoms with Crippen molar-refractivity contribution in [3.8, 4) is 11.8 Å². The zero-order valence-corrected chi connectivity index (χ0v) is 36.1. The first-order chi connectivity index (χ1) is 27.5. The Balaban J connectivity index is 1.20. The summed E-state index contributed by atoms with van der Waals surface area (Å²) < 4.78 is 44.5. The first-order valence-electron chi connectivity index (χ1n) is 21.7. The molecule has 12 nitrogen and oxygen atoms in total. The molecule has 3 aromatic rings. The number of hydrogen-bond donors (Lipinski definition) is 2. The number of nitrogen functional groups attached to an aromatic ring is 1. The number of nitriles is 1. The molecule has 3 N–H and O–H groups in total. The number of phosphoric acid groups is 1. The van der Waals surface area contributed by atoms with E-state index >= 15 is 0 Å². The summed E-state index contributed by atoms with van der Waals surface area (Å²) in [5.41, 5.74) is 8.03. The van der Waals surface area contributed by atoms with E-state index < -0.39 is 19.5 Å². The van der Waals surface area contributed by atoms with Crippen molar-refractivity contribution in [2.75, 3.05) is 18.9 Å². The average Bonchev–Trinajstić information content (AvgIpc) is 3.80. The maximum absolute atomic E-state index is 13.2. The number of hydrogen-bond acceptors (Lipinski definition) is 10. The summed E-state index contributed by atoms with van der Waals surface area (Å²) in [4.78, 5) is 14.8. The lowest BCUT2D eigenvalue weighted by molar-refractivity contribution is -0.0663. The second kappa shape index (κ2) is 24.8. The molecule has 318 valence electrons. The van der Waals surface area contributed by atoms with Crippen molar-refractivity contribution in [2.24, 2.45) is 0 Å². The lowest BCUT2D eigenvalue weighted by Crippen LogP contribution is -2.30. The first kappa shape index (κ1) is 46.6. The van der Waals surface area contributed by atoms with Gasteiger partial charge in [-0.15, -0.1) is 0 Å². The zero-order valence-electron chi connectivity index (χ0n) is 35.2. The molecular formula is C44H70N5O7P. The van der Waals surface area contributed by atoms with Gasteiger partial charge in [0.15, 0.2) is 5.82 Å². The molecule has 1 fully saturated rings. The molecule has 0 aliphatic carbocycles. The molecule has 0 bridgehead atoms. The number of aromatic nitrogens is 3. The molecule has 1 saturated heterocycles. The van der Waals surface area contributed by atoms with Gasteiger partial charge >= 0.3 is 7.82 Å². The van der Waals surface area contributed by atoms with Crippen molar-refractivity contribution in [2.45, 2.75) is 187 Å². The van der Waals surface area contributed by atoms with E-state index in [2.05, 4.69) is 23.1 Å². The summed E-state index contributed by atoms with van der Waals surface area (Å²) in [6.07, 6.45) is 24.6. The monoisotopic (exact) mass is 812 g/mol. The van der Waals surface area contributed by atoms with Crippen molar-refractivity contribution in [3.63, 3.8) is 0 Å². The van der Waals surface area contributed by atoms with E-state index in [0.717, 1.165) is 30.5 Å². The molecule has 1 aromatic carbocycles. The van der Waals surface area contributed by atoms with Crippen LogP contribution >= 0.6 is 7.82 Å². The van der Waals surface area contributed by atoms with Gasteiger partial charge in [0.05, 0.1) is 48.9 Å². The molecular weight excluding hydrogens is 741 g/mol. The van der Waals surface area contributed by atoms with Gasteiger partial charge in [0.25, 0.3) is 0 Å². The molecule has 1 aliphatic heterocycles. The highest BCUT2D eigenvalue weighted by Crippen LogP contribution is 2.47. The lowest BCUT2D eigenvalue weighted by atomic mass is 10.0. The maximum atomic E-state index is 13.2. The minimum Gasteiger partial charge on any atom is -0.490 e. The Morgan fingerprint density at radius 3 is 2.21 bits per heavy atom. The topological polar surface area (TPSA) is 163 Å². The van der Waals surface area contributed by atoms with E-state index in [4.69, 9.17) is 29.0 Å². The number of nitrogens with zero attached hydrogens (tertiary/aromatic N) is 4. The second-order valence-electron chi connectivity index (χ2n) is 16.3. The average molecular weight is 812 g/mol. The SMILES string of the molecule is CCCCCCCCCCCCCCCCCCC[C@H](COP(=O)(O)OC[C@]1(C)CC[C@H](c2ccc3c(N)ncnn23)O1)OCc1ccc(C#N)c(OC(C)C)c1. The highest BCUT2D eigenvalue weighted by atomic mass is 31.2. The smallest absolute Gasteiger partial charge is 0.472 e. The first-order valence-corrected chi connectivity index (χ1v) is 23.2. The molecule has 2 aromatic heterocycles. The Bertz CT molecular complexity index is 1700. The molecule has 3 heterocycles. The Morgan fingerprint density at radius 1 is 0.965 bits per heavy atom. The van der Waals surface area contributed by atoms with Crippen LogP contribution in [0, 0.1) is 11.3 Å². The summed E-state index contributed by atoms with van der Waals surface area (Å²) in [7, 11) is -4.43. The maximum Gasteiger partial charge on any atom is 0.472 e. The van der Waals surface area contributed by atoms with Gasteiger partial charge in [-0.25, -0.2) is 14.1 Å². The van der Waals surface area contributed by atoms with E-state index in [-0.39, 0.29) is 32.0 Å². The highest BCUT2D eigenvalue weighted by Gasteiger charge is 2.40. The summed E-state index contributed by atoms with van der Waals surface area (Å²) >= 11 is 0. The molecule has 57 heavy (non-hydrogen) atoms. The van der Waals surface area contributed by atoms with Crippen LogP contribution in [0.25, 0.3) is 5.52 Å². The Labute approximate surface area is 341 Å². The Hall–Kier alpha value is -3.04. The number of phosphoric ester groups is 1. The minimum atomic E-state index is -4.43. The van der Waals surface area contributed by atoms with Crippen LogP contribution in [0.3, 0.4) is 0 Å². The van der Waals surface area contributed by atoms with Crippen LogP contribution in [0.2, 0.25) is 0 Å². The van der Waals surface area contributed by atoms with Gasteiger partial charge in [-0.05, 0) is 69.9 Å². The fraction of sp³-hybridized carbons (Fsp3) is 0.705. The number of benzene rings is 1. The van der Waals surface area contributed by atoms with Crippen LogP contribution in [0.15, 0.2) is 36.7 Å². The van der Waals surface area contributed by atoms with E-state index in [1.54, 1.807) is 10.6 Å². The standard InChI is InChI=1S/C44H70N5O7P/c1-5-6-7-8-9-10-11-12-13-14-15-16-17-18-19-20-21-22-38(52-31-36-23-24-37(30-45)42(29-36)55-35(2)3)32-53-57(50,51)54-33-44(4)28-27-41(56-44)39-25-26-40-43(46)47-34-48-49(39)40/h23-26,29,34-35,38,41H,5-22,27-28,31-33H2,1-4H3,(H,50,51)(H2,46,47,48)/t38-,41-,44+/m1/s1. The number of nitrogens with two attached hydrogens (primary N) is 1. The van der Waals surface area contributed by atoms with Crippen molar-refractivity contribution in [1.29, 1.82) is 5.26 Å². The molecule has 0 saturated carbocycles. The van der Waals surface area contributed by atoms with E-state index in [0.29, 0.717) is 41.9 Å². The molecule has 0 radical (unpaired) electrons. The van der Waals surface area contributed by atoms with Crippen LogP contribution < -0.4 is 10.5 Å². The number of rotatable bonds is 30. The van der Waals surface area contributed by atoms with Gasteiger partial charge < -0.3 is 24.8 Å². The Kier molecular flexibility index (Phi) is 20.3. The molecule has 0 spiro atoms. The number of ether oxygens (including phenoxy) is 3. The predicted molar refractivity (Wildman–Crippen MR) is 225 cm³/mol.